The van der Waals surface area contributed by atoms with Crippen molar-refractivity contribution in [3.8, 4) is 0 Å². The van der Waals surface area contributed by atoms with Gasteiger partial charge in [-0.3, -0.25) is 19.2 Å². The van der Waals surface area contributed by atoms with E-state index >= 15 is 0 Å². The summed E-state index contributed by atoms with van der Waals surface area (Å²) in [5, 5.41) is 0. The maximum atomic E-state index is 10.4. The normalized spacial score (nSPS) is 7.68. The first kappa shape index (κ1) is 35.3. The zero-order valence-corrected chi connectivity index (χ0v) is 19.4. The van der Waals surface area contributed by atoms with Crippen molar-refractivity contribution in [3.05, 3.63) is 12.8 Å². The third-order valence-corrected chi connectivity index (χ3v) is 1.40. The zero-order valence-electron chi connectivity index (χ0n) is 16.9. The van der Waals surface area contributed by atoms with Crippen LogP contribution in [-0.2, 0) is 54.9 Å². The summed E-state index contributed by atoms with van der Waals surface area (Å²) in [6.07, 6.45) is 3.79. The molecule has 6 nitrogen and oxygen atoms in total. The Labute approximate surface area is 172 Å². The van der Waals surface area contributed by atoms with Gasteiger partial charge in [-0.2, -0.15) is 27.7 Å². The van der Waals surface area contributed by atoms with E-state index in [0.29, 0.717) is 13.2 Å². The molecule has 0 bridgehead atoms. The monoisotopic (exact) mass is 436 g/mol. The van der Waals surface area contributed by atoms with Gasteiger partial charge < -0.3 is 22.3 Å². The van der Waals surface area contributed by atoms with Crippen LogP contribution in [0.5, 0.6) is 0 Å². The Balaban J connectivity index is -0.0000000788. The predicted octanol–water partition coefficient (Wildman–Crippen LogP) is 3.52. The van der Waals surface area contributed by atoms with Crippen LogP contribution in [0.25, 0.3) is 0 Å². The van der Waals surface area contributed by atoms with E-state index in [1.807, 2.05) is 40.5 Å². The van der Waals surface area contributed by atoms with Gasteiger partial charge in [0, 0.05) is 0 Å². The Morgan fingerprint density at radius 1 is 0.680 bits per heavy atom. The fourth-order valence-corrected chi connectivity index (χ4v) is 0.831. The summed E-state index contributed by atoms with van der Waals surface area (Å²) in [5.74, 6) is -1.20. The minimum absolute atomic E-state index is 0. The van der Waals surface area contributed by atoms with E-state index in [2.05, 4.69) is 9.47 Å². The first-order valence-corrected chi connectivity index (χ1v) is 7.94. The van der Waals surface area contributed by atoms with Crippen LogP contribution >= 0.6 is 0 Å². The molecule has 0 unspecified atom stereocenters. The zero-order chi connectivity index (χ0) is 20.0. The number of Topliss-reactive ketones (excluding diaryl/α,β-unsaturated/α-hetero) is 2. The van der Waals surface area contributed by atoms with Crippen molar-refractivity contribution in [3.63, 3.8) is 0 Å². The third-order valence-electron chi connectivity index (χ3n) is 1.40. The van der Waals surface area contributed by atoms with Crippen molar-refractivity contribution < 1.29 is 54.9 Å². The molecule has 0 radical (unpaired) electrons. The van der Waals surface area contributed by atoms with Gasteiger partial charge in [0.15, 0.2) is 0 Å². The Kier molecular flexibility index (Phi) is 43.8. The maximum absolute atomic E-state index is 10.4. The second-order valence-electron chi connectivity index (χ2n) is 4.52. The van der Waals surface area contributed by atoms with Crippen molar-refractivity contribution >= 4 is 23.5 Å². The van der Waals surface area contributed by atoms with Crippen LogP contribution in [0.2, 0.25) is 0 Å². The van der Waals surface area contributed by atoms with Crippen molar-refractivity contribution in [1.29, 1.82) is 0 Å². The average Bonchev–Trinajstić information content (AvgIpc) is 2.39. The molecule has 0 spiro atoms. The summed E-state index contributed by atoms with van der Waals surface area (Å²) in [6, 6.07) is 0. The molecule has 0 rings (SSSR count). The molecule has 146 valence electrons. The molecule has 0 aliphatic rings. The topological polar surface area (TPSA) is 86.7 Å². The molecule has 25 heavy (non-hydrogen) atoms. The molecule has 0 saturated heterocycles. The van der Waals surface area contributed by atoms with Crippen LogP contribution in [0.15, 0.2) is 0 Å². The number of carbonyl (C=O) groups excluding carboxylic acids is 4. The number of hydrogen-bond acceptors (Lipinski definition) is 6. The van der Waals surface area contributed by atoms with Crippen molar-refractivity contribution in [2.75, 3.05) is 13.2 Å². The second-order valence-corrected chi connectivity index (χ2v) is 4.52. The van der Waals surface area contributed by atoms with Gasteiger partial charge in [0.25, 0.3) is 0 Å². The molecule has 0 aromatic carbocycles. The van der Waals surface area contributed by atoms with Crippen molar-refractivity contribution in [2.45, 2.75) is 68.2 Å². The molecule has 0 amide bonds. The van der Waals surface area contributed by atoms with E-state index in [1.165, 1.54) is 13.8 Å². The number of hydrogen-bond donors (Lipinski definition) is 0. The molecule has 0 fully saturated rings. The molecule has 0 aromatic heterocycles. The molecule has 0 atom stereocenters. The van der Waals surface area contributed by atoms with Crippen molar-refractivity contribution in [1.82, 2.24) is 0 Å². The quantitative estimate of drug-likeness (QED) is 0.359. The van der Waals surface area contributed by atoms with E-state index in [-0.39, 0.29) is 50.6 Å². The molecule has 0 aromatic rings. The average molecular weight is 438 g/mol. The summed E-state index contributed by atoms with van der Waals surface area (Å²) in [4.78, 5) is 41.3. The molecule has 0 aliphatic heterocycles. The molecule has 7 heteroatoms. The van der Waals surface area contributed by atoms with Gasteiger partial charge in [0.2, 0.25) is 0 Å². The van der Waals surface area contributed by atoms with E-state index in [1.54, 1.807) is 13.8 Å². The largest absolute Gasteiger partial charge is 2.00 e. The summed E-state index contributed by atoms with van der Waals surface area (Å²) in [7, 11) is 0. The number of ketones is 2. The van der Waals surface area contributed by atoms with Crippen LogP contribution in [0.1, 0.15) is 68.2 Å². The maximum Gasteiger partial charge on any atom is 2.00 e. The van der Waals surface area contributed by atoms with E-state index in [0.717, 1.165) is 0 Å². The van der Waals surface area contributed by atoms with Crippen LogP contribution in [0.4, 0.5) is 0 Å². The third kappa shape index (κ3) is 59.9. The van der Waals surface area contributed by atoms with Gasteiger partial charge in [0.05, 0.1) is 13.2 Å². The van der Waals surface area contributed by atoms with E-state index in [9.17, 15) is 19.2 Å². The number of ether oxygens (including phenoxy) is 2. The second kappa shape index (κ2) is 31.0. The molecular weight excluding hydrogens is 403 g/mol. The van der Waals surface area contributed by atoms with Crippen LogP contribution in [-0.4, -0.2) is 36.7 Å². The summed E-state index contributed by atoms with van der Waals surface area (Å²) in [6.45, 7) is 14.8. The molecule has 0 aliphatic carbocycles. The fraction of sp³-hybridized carbons (Fsp3) is 0.667. The first-order chi connectivity index (χ1) is 11.2. The fourth-order valence-electron chi connectivity index (χ4n) is 0.831. The van der Waals surface area contributed by atoms with Gasteiger partial charge in [-0.05, 0) is 27.7 Å². The number of esters is 2. The molecule has 0 heterocycles. The van der Waals surface area contributed by atoms with Gasteiger partial charge in [-0.15, -0.1) is 0 Å². The minimum atomic E-state index is -0.440. The summed E-state index contributed by atoms with van der Waals surface area (Å²) < 4.78 is 8.99. The standard InChI is InChI=1S/2C6H10O3.2C3H7.Zr/c2*1-3-9-6(8)4-5(2)7;2*1-3-2;/h2*3-4H2,1-2H3;2*3H,1-2H3;/q;;2*-1;+2. The Morgan fingerprint density at radius 3 is 1.00 bits per heavy atom. The van der Waals surface area contributed by atoms with Crippen LogP contribution in [0, 0.1) is 12.8 Å². The number of carbonyl (C=O) groups is 4. The van der Waals surface area contributed by atoms with Gasteiger partial charge in [0.1, 0.15) is 24.4 Å². The molecular formula is C18H34O6Zr. The van der Waals surface area contributed by atoms with Crippen LogP contribution in [0.3, 0.4) is 0 Å². The first-order valence-electron chi connectivity index (χ1n) is 7.94. The Morgan fingerprint density at radius 2 is 0.880 bits per heavy atom. The SMILES string of the molecule is CCOC(=O)CC(C)=O.CCOC(=O)CC(C)=O.C[CH-]C.C[CH-]C.[Zr+2]. The Hall–Kier alpha value is -0.837. The Bertz CT molecular complexity index is 298. The molecule has 0 saturated carbocycles. The van der Waals surface area contributed by atoms with Crippen LogP contribution < -0.4 is 0 Å². The minimum Gasteiger partial charge on any atom is -0.466 e. The van der Waals surface area contributed by atoms with Gasteiger partial charge >= 0.3 is 38.1 Å². The van der Waals surface area contributed by atoms with E-state index < -0.39 is 11.9 Å². The predicted molar refractivity (Wildman–Crippen MR) is 95.2 cm³/mol. The van der Waals surface area contributed by atoms with Gasteiger partial charge in [-0.25, -0.2) is 0 Å². The summed E-state index contributed by atoms with van der Waals surface area (Å²) >= 11 is 0. The van der Waals surface area contributed by atoms with Crippen molar-refractivity contribution in [2.24, 2.45) is 0 Å². The number of rotatable bonds is 6. The van der Waals surface area contributed by atoms with Gasteiger partial charge in [-0.1, -0.05) is 0 Å². The smallest absolute Gasteiger partial charge is 0.466 e. The summed E-state index contributed by atoms with van der Waals surface area (Å²) in [5.41, 5.74) is 0. The van der Waals surface area contributed by atoms with E-state index in [4.69, 9.17) is 0 Å². The molecule has 0 N–H and O–H groups in total.